The van der Waals surface area contributed by atoms with Crippen LogP contribution in [0.25, 0.3) is 44.2 Å². The first-order chi connectivity index (χ1) is 17.9. The van der Waals surface area contributed by atoms with Crippen molar-refractivity contribution >= 4 is 39.3 Å². The predicted octanol–water partition coefficient (Wildman–Crippen LogP) is 5.60. The van der Waals surface area contributed by atoms with Crippen LogP contribution in [-0.4, -0.2) is 53.7 Å². The van der Waals surface area contributed by atoms with Gasteiger partial charge in [-0.2, -0.15) is 15.3 Å². The molecule has 0 unspecified atom stereocenters. The average molecular weight is 514 g/mol. The maximum absolute atomic E-state index is 12.1. The van der Waals surface area contributed by atoms with Crippen molar-refractivity contribution in [1.29, 1.82) is 0 Å². The molecule has 0 aliphatic carbocycles. The number of hydrogen-bond donors (Lipinski definition) is 1. The summed E-state index contributed by atoms with van der Waals surface area (Å²) >= 11 is 7.01. The number of rotatable bonds is 4. The predicted molar refractivity (Wildman–Crippen MR) is 147 cm³/mol. The maximum Gasteiger partial charge on any atom is 0.245 e. The fraction of sp³-hybridized carbons (Fsp3) is 0.286. The van der Waals surface area contributed by atoms with Crippen molar-refractivity contribution in [2.24, 2.45) is 7.05 Å². The number of amides is 1. The lowest BCUT2D eigenvalue weighted by Crippen LogP contribution is -2.38. The van der Waals surface area contributed by atoms with E-state index in [2.05, 4.69) is 51.7 Å². The molecule has 1 N–H and O–H groups in total. The van der Waals surface area contributed by atoms with Crippen LogP contribution in [0, 0.1) is 13.8 Å². The van der Waals surface area contributed by atoms with E-state index in [9.17, 15) is 4.79 Å². The Balaban J connectivity index is 1.55. The van der Waals surface area contributed by atoms with Gasteiger partial charge in [-0.1, -0.05) is 24.2 Å². The van der Waals surface area contributed by atoms with E-state index in [0.717, 1.165) is 68.3 Å². The van der Waals surface area contributed by atoms with Gasteiger partial charge in [-0.25, -0.2) is 0 Å². The number of benzene rings is 2. The molecule has 1 saturated heterocycles. The molecule has 9 heteroatoms. The fourth-order valence-corrected chi connectivity index (χ4v) is 5.84. The van der Waals surface area contributed by atoms with Gasteiger partial charge in [0.05, 0.1) is 34.5 Å². The Morgan fingerprint density at radius 3 is 2.70 bits per heavy atom. The molecule has 3 aromatic heterocycles. The van der Waals surface area contributed by atoms with Gasteiger partial charge in [0.1, 0.15) is 5.69 Å². The van der Waals surface area contributed by atoms with Crippen molar-refractivity contribution in [3.05, 3.63) is 65.6 Å². The molecule has 0 saturated carbocycles. The highest BCUT2D eigenvalue weighted by atomic mass is 35.5. The molecule has 6 rings (SSSR count). The Morgan fingerprint density at radius 1 is 1.16 bits per heavy atom. The number of hydrogen-bond acceptors (Lipinski definition) is 4. The molecule has 37 heavy (non-hydrogen) atoms. The minimum Gasteiger partial charge on any atom is -0.339 e. The summed E-state index contributed by atoms with van der Waals surface area (Å²) in [5.74, 6) is -0.0179. The van der Waals surface area contributed by atoms with Crippen LogP contribution in [0.5, 0.6) is 0 Å². The highest BCUT2D eigenvalue weighted by Gasteiger charge is 2.29. The molecule has 0 atom stereocenters. The first-order valence-electron chi connectivity index (χ1n) is 12.4. The Labute approximate surface area is 219 Å². The van der Waals surface area contributed by atoms with Gasteiger partial charge in [0.25, 0.3) is 0 Å². The number of aromatic amines is 1. The van der Waals surface area contributed by atoms with Crippen molar-refractivity contribution in [2.45, 2.75) is 32.7 Å². The van der Waals surface area contributed by atoms with E-state index in [0.29, 0.717) is 18.1 Å². The second-order valence-electron chi connectivity index (χ2n) is 9.77. The Morgan fingerprint density at radius 2 is 1.95 bits per heavy atom. The van der Waals surface area contributed by atoms with Crippen LogP contribution in [-0.2, 0) is 11.8 Å². The Bertz CT molecular complexity index is 1680. The largest absolute Gasteiger partial charge is 0.339 e. The van der Waals surface area contributed by atoms with Crippen LogP contribution < -0.4 is 0 Å². The average Bonchev–Trinajstić information content (AvgIpc) is 3.62. The lowest BCUT2D eigenvalue weighted by atomic mass is 9.94. The summed E-state index contributed by atoms with van der Waals surface area (Å²) in [4.78, 5) is 14.0. The summed E-state index contributed by atoms with van der Waals surface area (Å²) in [7, 11) is 1.94. The number of nitrogens with zero attached hydrogens (tertiary/aromatic N) is 6. The van der Waals surface area contributed by atoms with Gasteiger partial charge in [0.2, 0.25) is 5.91 Å². The van der Waals surface area contributed by atoms with Crippen LogP contribution in [0.3, 0.4) is 0 Å². The number of fused-ring (bicyclic) bond motifs is 2. The van der Waals surface area contributed by atoms with Crippen molar-refractivity contribution < 1.29 is 4.79 Å². The van der Waals surface area contributed by atoms with E-state index in [1.165, 1.54) is 6.08 Å². The van der Waals surface area contributed by atoms with E-state index in [-0.39, 0.29) is 11.9 Å². The van der Waals surface area contributed by atoms with E-state index < -0.39 is 0 Å². The van der Waals surface area contributed by atoms with Gasteiger partial charge in [-0.3, -0.25) is 19.3 Å². The minimum atomic E-state index is -0.0179. The standard InChI is InChI=1S/C28H28ClN7O/c1-5-24(37)35-10-8-20(9-11-35)36-17(3)25(26-21-15-30-32-22(21)12-16(2)27(26)29)28(33-36)18-6-7-23-19(13-18)14-31-34(23)4/h5-7,12-15,20H,1,8-11H2,2-4H3,(H,30,32). The topological polar surface area (TPSA) is 84.6 Å². The number of aromatic nitrogens is 6. The summed E-state index contributed by atoms with van der Waals surface area (Å²) in [5, 5.41) is 19.8. The molecule has 1 amide bonds. The molecule has 1 aliphatic heterocycles. The molecule has 1 aliphatic rings. The lowest BCUT2D eigenvalue weighted by molar-refractivity contribution is -0.127. The van der Waals surface area contributed by atoms with E-state index in [4.69, 9.17) is 16.7 Å². The number of aryl methyl sites for hydroxylation is 2. The number of piperidine rings is 1. The zero-order chi connectivity index (χ0) is 25.8. The van der Waals surface area contributed by atoms with Crippen LogP contribution >= 0.6 is 11.6 Å². The Kier molecular flexibility index (Phi) is 5.64. The summed E-state index contributed by atoms with van der Waals surface area (Å²) in [6.45, 7) is 9.12. The van der Waals surface area contributed by atoms with Gasteiger partial charge in [0, 0.05) is 53.3 Å². The van der Waals surface area contributed by atoms with Gasteiger partial charge < -0.3 is 4.90 Å². The normalized spacial score (nSPS) is 14.6. The SMILES string of the molecule is C=CC(=O)N1CCC(n2nc(-c3ccc4c(cnn4C)c3)c(-c3c(Cl)c(C)cc4[nH]ncc34)c2C)CC1. The van der Waals surface area contributed by atoms with E-state index in [1.807, 2.05) is 42.0 Å². The summed E-state index contributed by atoms with van der Waals surface area (Å²) in [6, 6.07) is 8.52. The first kappa shape index (κ1) is 23.5. The van der Waals surface area contributed by atoms with Gasteiger partial charge in [-0.15, -0.1) is 0 Å². The van der Waals surface area contributed by atoms with Crippen LogP contribution in [0.15, 0.2) is 49.3 Å². The molecule has 4 heterocycles. The molecule has 1 fully saturated rings. The van der Waals surface area contributed by atoms with Crippen molar-refractivity contribution in [1.82, 2.24) is 34.7 Å². The van der Waals surface area contributed by atoms with Gasteiger partial charge in [-0.05, 0) is 56.5 Å². The molecule has 5 aromatic rings. The molecule has 0 spiro atoms. The fourth-order valence-electron chi connectivity index (χ4n) is 5.59. The zero-order valence-electron chi connectivity index (χ0n) is 21.1. The summed E-state index contributed by atoms with van der Waals surface area (Å²) in [5.41, 5.74) is 7.85. The molecular formula is C28H28ClN7O. The van der Waals surface area contributed by atoms with E-state index >= 15 is 0 Å². The number of halogens is 1. The lowest BCUT2D eigenvalue weighted by Gasteiger charge is -2.32. The monoisotopic (exact) mass is 513 g/mol. The molecular weight excluding hydrogens is 486 g/mol. The summed E-state index contributed by atoms with van der Waals surface area (Å²) < 4.78 is 4.01. The minimum absolute atomic E-state index is 0.0179. The van der Waals surface area contributed by atoms with Crippen LogP contribution in [0.4, 0.5) is 0 Å². The number of likely N-dealkylation sites (tertiary alicyclic amines) is 1. The van der Waals surface area contributed by atoms with Gasteiger partial charge in [0.15, 0.2) is 0 Å². The van der Waals surface area contributed by atoms with Crippen molar-refractivity contribution in [3.63, 3.8) is 0 Å². The quantitative estimate of drug-likeness (QED) is 0.317. The number of carbonyl (C=O) groups excluding carboxylic acids is 1. The smallest absolute Gasteiger partial charge is 0.245 e. The third kappa shape index (κ3) is 3.74. The number of H-pyrrole nitrogens is 1. The van der Waals surface area contributed by atoms with Crippen molar-refractivity contribution in [2.75, 3.05) is 13.1 Å². The van der Waals surface area contributed by atoms with Crippen molar-refractivity contribution in [3.8, 4) is 22.4 Å². The zero-order valence-corrected chi connectivity index (χ0v) is 21.9. The molecule has 0 radical (unpaired) electrons. The van der Waals surface area contributed by atoms with Gasteiger partial charge >= 0.3 is 0 Å². The second kappa shape index (κ2) is 8.88. The maximum atomic E-state index is 12.1. The third-order valence-corrected chi connectivity index (χ3v) is 8.07. The van der Waals surface area contributed by atoms with Crippen LogP contribution in [0.2, 0.25) is 5.02 Å². The highest BCUT2D eigenvalue weighted by molar-refractivity contribution is 6.36. The molecule has 188 valence electrons. The first-order valence-corrected chi connectivity index (χ1v) is 12.8. The Hall–Kier alpha value is -3.91. The highest BCUT2D eigenvalue weighted by Crippen LogP contribution is 2.44. The van der Waals surface area contributed by atoms with Crippen LogP contribution in [0.1, 0.15) is 30.1 Å². The molecule has 2 aromatic carbocycles. The van der Waals surface area contributed by atoms with E-state index in [1.54, 1.807) is 0 Å². The molecule has 8 nitrogen and oxygen atoms in total. The molecule has 0 bridgehead atoms. The number of nitrogens with one attached hydrogen (secondary N) is 1. The number of carbonyl (C=O) groups is 1. The second-order valence-corrected chi connectivity index (χ2v) is 10.1. The summed E-state index contributed by atoms with van der Waals surface area (Å²) in [6.07, 6.45) is 6.75. The third-order valence-electron chi connectivity index (χ3n) is 7.58.